The molecule has 0 unspecified atom stereocenters. The SMILES string of the molecule is Cc1ccccc1CC(=O)NCCN(CCc1ccccc1)S(C)(=O)=O. The van der Waals surface area contributed by atoms with Crippen LogP contribution >= 0.6 is 0 Å². The molecule has 2 aromatic carbocycles. The zero-order chi connectivity index (χ0) is 19.0. The summed E-state index contributed by atoms with van der Waals surface area (Å²) in [4.78, 5) is 12.1. The fourth-order valence-corrected chi connectivity index (χ4v) is 3.55. The minimum absolute atomic E-state index is 0.101. The van der Waals surface area contributed by atoms with E-state index in [2.05, 4.69) is 5.32 Å². The van der Waals surface area contributed by atoms with E-state index < -0.39 is 10.0 Å². The summed E-state index contributed by atoms with van der Waals surface area (Å²) in [6.07, 6.45) is 2.15. The van der Waals surface area contributed by atoms with E-state index in [1.165, 1.54) is 10.6 Å². The summed E-state index contributed by atoms with van der Waals surface area (Å²) in [6, 6.07) is 17.5. The van der Waals surface area contributed by atoms with Gasteiger partial charge in [0.2, 0.25) is 15.9 Å². The zero-order valence-corrected chi connectivity index (χ0v) is 16.1. The summed E-state index contributed by atoms with van der Waals surface area (Å²) >= 11 is 0. The number of nitrogens with zero attached hydrogens (tertiary/aromatic N) is 1. The zero-order valence-electron chi connectivity index (χ0n) is 15.3. The summed E-state index contributed by atoms with van der Waals surface area (Å²) in [5, 5.41) is 2.81. The maximum atomic E-state index is 12.1. The minimum Gasteiger partial charge on any atom is -0.354 e. The van der Waals surface area contributed by atoms with Crippen LogP contribution in [0.5, 0.6) is 0 Å². The summed E-state index contributed by atoms with van der Waals surface area (Å²) < 4.78 is 25.4. The van der Waals surface area contributed by atoms with E-state index in [1.54, 1.807) is 0 Å². The second-order valence-corrected chi connectivity index (χ2v) is 8.33. The van der Waals surface area contributed by atoms with Gasteiger partial charge in [-0.1, -0.05) is 54.6 Å². The number of amides is 1. The fraction of sp³-hybridized carbons (Fsp3) is 0.350. The summed E-state index contributed by atoms with van der Waals surface area (Å²) in [5.41, 5.74) is 3.14. The molecule has 0 aliphatic heterocycles. The molecule has 0 radical (unpaired) electrons. The third-order valence-corrected chi connectivity index (χ3v) is 5.56. The van der Waals surface area contributed by atoms with Crippen molar-refractivity contribution in [3.05, 3.63) is 71.3 Å². The van der Waals surface area contributed by atoms with Gasteiger partial charge in [0.15, 0.2) is 0 Å². The second kappa shape index (κ2) is 9.50. The molecular formula is C20H26N2O3S. The van der Waals surface area contributed by atoms with Gasteiger partial charge in [0.1, 0.15) is 0 Å². The maximum Gasteiger partial charge on any atom is 0.224 e. The van der Waals surface area contributed by atoms with E-state index in [0.29, 0.717) is 25.9 Å². The first kappa shape index (κ1) is 20.1. The van der Waals surface area contributed by atoms with E-state index in [-0.39, 0.29) is 12.5 Å². The minimum atomic E-state index is -3.32. The normalized spacial score (nSPS) is 11.5. The number of carbonyl (C=O) groups is 1. The lowest BCUT2D eigenvalue weighted by molar-refractivity contribution is -0.120. The average molecular weight is 375 g/mol. The van der Waals surface area contributed by atoms with Crippen LogP contribution in [0.3, 0.4) is 0 Å². The lowest BCUT2D eigenvalue weighted by Gasteiger charge is -2.20. The summed E-state index contributed by atoms with van der Waals surface area (Å²) in [7, 11) is -3.32. The first-order chi connectivity index (χ1) is 12.4. The molecule has 0 spiro atoms. The van der Waals surface area contributed by atoms with Crippen LogP contribution in [0.25, 0.3) is 0 Å². The monoisotopic (exact) mass is 374 g/mol. The largest absolute Gasteiger partial charge is 0.354 e. The number of hydrogen-bond acceptors (Lipinski definition) is 3. The van der Waals surface area contributed by atoms with Crippen molar-refractivity contribution in [2.75, 3.05) is 25.9 Å². The summed E-state index contributed by atoms with van der Waals surface area (Å²) in [5.74, 6) is -0.101. The molecule has 1 N–H and O–H groups in total. The van der Waals surface area contributed by atoms with E-state index in [4.69, 9.17) is 0 Å². The van der Waals surface area contributed by atoms with Gasteiger partial charge in [-0.15, -0.1) is 0 Å². The number of hydrogen-bond donors (Lipinski definition) is 1. The molecule has 2 rings (SSSR count). The van der Waals surface area contributed by atoms with Crippen molar-refractivity contribution < 1.29 is 13.2 Å². The Morgan fingerprint density at radius 1 is 1.00 bits per heavy atom. The number of nitrogens with one attached hydrogen (secondary N) is 1. The van der Waals surface area contributed by atoms with Crippen molar-refractivity contribution in [2.45, 2.75) is 19.8 Å². The highest BCUT2D eigenvalue weighted by Gasteiger charge is 2.16. The Morgan fingerprint density at radius 3 is 2.31 bits per heavy atom. The molecule has 1 amide bonds. The fourth-order valence-electron chi connectivity index (χ4n) is 2.71. The topological polar surface area (TPSA) is 66.5 Å². The molecule has 0 fully saturated rings. The molecular weight excluding hydrogens is 348 g/mol. The van der Waals surface area contributed by atoms with Gasteiger partial charge in [-0.2, -0.15) is 0 Å². The van der Waals surface area contributed by atoms with E-state index in [0.717, 1.165) is 16.7 Å². The summed E-state index contributed by atoms with van der Waals surface area (Å²) in [6.45, 7) is 2.94. The van der Waals surface area contributed by atoms with Crippen molar-refractivity contribution in [1.82, 2.24) is 9.62 Å². The third kappa shape index (κ3) is 6.61. The Hall–Kier alpha value is -2.18. The van der Waals surface area contributed by atoms with Crippen molar-refractivity contribution in [2.24, 2.45) is 0 Å². The van der Waals surface area contributed by atoms with Gasteiger partial charge in [-0.05, 0) is 30.0 Å². The molecule has 0 aliphatic carbocycles. The first-order valence-corrected chi connectivity index (χ1v) is 10.5. The molecule has 0 bridgehead atoms. The average Bonchev–Trinajstić information content (AvgIpc) is 2.60. The molecule has 5 nitrogen and oxygen atoms in total. The highest BCUT2D eigenvalue weighted by atomic mass is 32.2. The quantitative estimate of drug-likeness (QED) is 0.731. The smallest absolute Gasteiger partial charge is 0.224 e. The van der Waals surface area contributed by atoms with E-state index in [9.17, 15) is 13.2 Å². The highest BCUT2D eigenvalue weighted by Crippen LogP contribution is 2.08. The van der Waals surface area contributed by atoms with Crippen molar-refractivity contribution in [3.8, 4) is 0 Å². The van der Waals surface area contributed by atoms with E-state index in [1.807, 2.05) is 61.5 Å². The molecule has 140 valence electrons. The van der Waals surface area contributed by atoms with Gasteiger partial charge in [0.25, 0.3) is 0 Å². The predicted octanol–water partition coefficient (Wildman–Crippen LogP) is 2.16. The molecule has 0 saturated heterocycles. The van der Waals surface area contributed by atoms with Crippen LogP contribution in [0.2, 0.25) is 0 Å². The lowest BCUT2D eigenvalue weighted by Crippen LogP contribution is -2.39. The number of benzene rings is 2. The highest BCUT2D eigenvalue weighted by molar-refractivity contribution is 7.88. The standard InChI is InChI=1S/C20H26N2O3S/c1-17-8-6-7-11-19(17)16-20(23)21-13-15-22(26(2,24)25)14-12-18-9-4-3-5-10-18/h3-11H,12-16H2,1-2H3,(H,21,23). The Kier molecular flexibility index (Phi) is 7.36. The van der Waals surface area contributed by atoms with Gasteiger partial charge in [0.05, 0.1) is 12.7 Å². The number of rotatable bonds is 9. The Labute approximate surface area is 156 Å². The molecule has 0 aliphatic rings. The molecule has 26 heavy (non-hydrogen) atoms. The van der Waals surface area contributed by atoms with Crippen LogP contribution < -0.4 is 5.32 Å². The van der Waals surface area contributed by atoms with Crippen molar-refractivity contribution in [1.29, 1.82) is 0 Å². The van der Waals surface area contributed by atoms with Crippen molar-refractivity contribution >= 4 is 15.9 Å². The van der Waals surface area contributed by atoms with Gasteiger partial charge in [-0.3, -0.25) is 4.79 Å². The molecule has 0 atom stereocenters. The lowest BCUT2D eigenvalue weighted by atomic mass is 10.1. The second-order valence-electron chi connectivity index (χ2n) is 6.35. The van der Waals surface area contributed by atoms with Gasteiger partial charge < -0.3 is 5.32 Å². The Balaban J connectivity index is 1.83. The molecule has 2 aromatic rings. The maximum absolute atomic E-state index is 12.1. The van der Waals surface area contributed by atoms with Gasteiger partial charge in [0, 0.05) is 19.6 Å². The molecule has 0 saturated carbocycles. The van der Waals surface area contributed by atoms with Gasteiger partial charge in [-0.25, -0.2) is 12.7 Å². The molecule has 0 aromatic heterocycles. The molecule has 6 heteroatoms. The first-order valence-electron chi connectivity index (χ1n) is 8.66. The molecule has 0 heterocycles. The van der Waals surface area contributed by atoms with Crippen molar-refractivity contribution in [3.63, 3.8) is 0 Å². The van der Waals surface area contributed by atoms with Crippen LogP contribution in [-0.4, -0.2) is 44.5 Å². The Morgan fingerprint density at radius 2 is 1.65 bits per heavy atom. The third-order valence-electron chi connectivity index (χ3n) is 4.26. The van der Waals surface area contributed by atoms with Crippen LogP contribution in [-0.2, 0) is 27.7 Å². The number of aryl methyl sites for hydroxylation is 1. The van der Waals surface area contributed by atoms with Crippen LogP contribution in [0.4, 0.5) is 0 Å². The van der Waals surface area contributed by atoms with Crippen LogP contribution in [0.15, 0.2) is 54.6 Å². The van der Waals surface area contributed by atoms with E-state index >= 15 is 0 Å². The van der Waals surface area contributed by atoms with Crippen LogP contribution in [0.1, 0.15) is 16.7 Å². The van der Waals surface area contributed by atoms with Crippen LogP contribution in [0, 0.1) is 6.92 Å². The predicted molar refractivity (Wildman–Crippen MR) is 104 cm³/mol. The van der Waals surface area contributed by atoms with Gasteiger partial charge >= 0.3 is 0 Å². The number of carbonyl (C=O) groups excluding carboxylic acids is 1. The number of sulfonamides is 1. The Bertz CT molecular complexity index is 820.